The van der Waals surface area contributed by atoms with Crippen molar-refractivity contribution in [3.63, 3.8) is 0 Å². The Morgan fingerprint density at radius 2 is 1.80 bits per heavy atom. The summed E-state index contributed by atoms with van der Waals surface area (Å²) in [6.45, 7) is 4.26. The molecule has 0 aliphatic carbocycles. The van der Waals surface area contributed by atoms with E-state index in [0.717, 1.165) is 11.1 Å². The molecule has 0 aliphatic heterocycles. The summed E-state index contributed by atoms with van der Waals surface area (Å²) in [5.74, 6) is -0.271. The van der Waals surface area contributed by atoms with Crippen molar-refractivity contribution in [2.45, 2.75) is 20.0 Å². The van der Waals surface area contributed by atoms with Gasteiger partial charge >= 0.3 is 6.03 Å². The third-order valence-corrected chi connectivity index (χ3v) is 3.67. The minimum atomic E-state index is -0.708. The summed E-state index contributed by atoms with van der Waals surface area (Å²) in [5, 5.41) is 8.26. The molecule has 132 valence electrons. The van der Waals surface area contributed by atoms with Crippen LogP contribution in [0, 0.1) is 6.92 Å². The van der Waals surface area contributed by atoms with Crippen LogP contribution in [0.1, 0.15) is 24.2 Å². The number of rotatable bonds is 6. The summed E-state index contributed by atoms with van der Waals surface area (Å²) in [4.78, 5) is 24.2. The van der Waals surface area contributed by atoms with Gasteiger partial charge in [-0.2, -0.15) is 0 Å². The number of benzene rings is 2. The van der Waals surface area contributed by atoms with Gasteiger partial charge in [-0.1, -0.05) is 36.4 Å². The highest BCUT2D eigenvalue weighted by Gasteiger charge is 2.20. The summed E-state index contributed by atoms with van der Waals surface area (Å²) in [5.41, 5.74) is 2.88. The van der Waals surface area contributed by atoms with Crippen molar-refractivity contribution >= 4 is 23.3 Å². The molecule has 2 aromatic rings. The molecule has 1 unspecified atom stereocenters. The van der Waals surface area contributed by atoms with Gasteiger partial charge in [0.05, 0.1) is 0 Å². The van der Waals surface area contributed by atoms with Gasteiger partial charge in [0.2, 0.25) is 0 Å². The largest absolute Gasteiger partial charge is 0.367 e. The van der Waals surface area contributed by atoms with Crippen LogP contribution < -0.4 is 16.0 Å². The van der Waals surface area contributed by atoms with Crippen LogP contribution in [0.25, 0.3) is 0 Å². The maximum absolute atomic E-state index is 12.6. The molecule has 3 amide bonds. The molecule has 0 radical (unpaired) electrons. The predicted octanol–water partition coefficient (Wildman–Crippen LogP) is 3.46. The van der Waals surface area contributed by atoms with Crippen LogP contribution in [0.15, 0.2) is 48.5 Å². The fourth-order valence-electron chi connectivity index (χ4n) is 2.39. The zero-order valence-electron chi connectivity index (χ0n) is 14.6. The molecule has 3 N–H and O–H groups in total. The second-order valence-electron chi connectivity index (χ2n) is 5.53. The van der Waals surface area contributed by atoms with E-state index in [0.29, 0.717) is 17.9 Å². The Hall–Kier alpha value is -2.86. The number of amides is 3. The van der Waals surface area contributed by atoms with E-state index >= 15 is 0 Å². The minimum absolute atomic E-state index is 0.271. The number of methoxy groups -OCH3 is 1. The third-order valence-electron chi connectivity index (χ3n) is 3.67. The van der Waals surface area contributed by atoms with Crippen LogP contribution in [0.2, 0.25) is 0 Å². The first kappa shape index (κ1) is 18.5. The zero-order valence-corrected chi connectivity index (χ0v) is 14.6. The molecule has 0 saturated heterocycles. The standard InChI is InChI=1S/C19H23N3O3/c1-4-20-19(24)21-15-11-10-13(2)16(12-15)22-18(23)17(25-3)14-8-6-5-7-9-14/h5-12,17H,4H2,1-3H3,(H,22,23)(H2,20,21,24). The van der Waals surface area contributed by atoms with Gasteiger partial charge in [0.15, 0.2) is 6.10 Å². The lowest BCUT2D eigenvalue weighted by Crippen LogP contribution is -2.28. The average molecular weight is 341 g/mol. The van der Waals surface area contributed by atoms with Gasteiger partial charge in [-0.05, 0) is 37.1 Å². The Kier molecular flexibility index (Phi) is 6.54. The molecule has 0 spiro atoms. The van der Waals surface area contributed by atoms with E-state index in [-0.39, 0.29) is 11.9 Å². The maximum atomic E-state index is 12.6. The fraction of sp³-hybridized carbons (Fsp3) is 0.263. The Balaban J connectivity index is 2.15. The smallest absolute Gasteiger partial charge is 0.319 e. The van der Waals surface area contributed by atoms with Crippen LogP contribution in [-0.4, -0.2) is 25.6 Å². The summed E-state index contributed by atoms with van der Waals surface area (Å²) < 4.78 is 5.35. The molecule has 0 saturated carbocycles. The molecule has 2 aromatic carbocycles. The van der Waals surface area contributed by atoms with Crippen LogP contribution in [0.5, 0.6) is 0 Å². The van der Waals surface area contributed by atoms with E-state index < -0.39 is 6.10 Å². The van der Waals surface area contributed by atoms with E-state index in [2.05, 4.69) is 16.0 Å². The quantitative estimate of drug-likeness (QED) is 0.753. The molecule has 6 nitrogen and oxygen atoms in total. The highest BCUT2D eigenvalue weighted by atomic mass is 16.5. The molecule has 25 heavy (non-hydrogen) atoms. The summed E-state index contributed by atoms with van der Waals surface area (Å²) >= 11 is 0. The fourth-order valence-corrected chi connectivity index (χ4v) is 2.39. The summed E-state index contributed by atoms with van der Waals surface area (Å²) in [6.07, 6.45) is -0.708. The van der Waals surface area contributed by atoms with Crippen molar-refractivity contribution in [3.05, 3.63) is 59.7 Å². The van der Waals surface area contributed by atoms with Gasteiger partial charge in [0.1, 0.15) is 0 Å². The van der Waals surface area contributed by atoms with Crippen LogP contribution in [0.3, 0.4) is 0 Å². The summed E-state index contributed by atoms with van der Waals surface area (Å²) in [6, 6.07) is 14.3. The van der Waals surface area contributed by atoms with E-state index in [4.69, 9.17) is 4.74 Å². The van der Waals surface area contributed by atoms with Crippen molar-refractivity contribution in [2.75, 3.05) is 24.3 Å². The first-order valence-corrected chi connectivity index (χ1v) is 8.09. The number of aryl methyl sites for hydroxylation is 1. The molecule has 2 rings (SSSR count). The highest BCUT2D eigenvalue weighted by molar-refractivity contribution is 5.97. The molecule has 0 fully saturated rings. The molecule has 6 heteroatoms. The monoisotopic (exact) mass is 341 g/mol. The van der Waals surface area contributed by atoms with Crippen LogP contribution in [-0.2, 0) is 9.53 Å². The SMILES string of the molecule is CCNC(=O)Nc1ccc(C)c(NC(=O)C(OC)c2ccccc2)c1. The lowest BCUT2D eigenvalue weighted by Gasteiger charge is -2.17. The molecule has 0 bridgehead atoms. The van der Waals surface area contributed by atoms with Gasteiger partial charge in [-0.25, -0.2) is 4.79 Å². The number of nitrogens with one attached hydrogen (secondary N) is 3. The Morgan fingerprint density at radius 3 is 2.44 bits per heavy atom. The lowest BCUT2D eigenvalue weighted by atomic mass is 10.1. The van der Waals surface area contributed by atoms with Gasteiger partial charge in [-0.15, -0.1) is 0 Å². The van der Waals surface area contributed by atoms with Crippen molar-refractivity contribution in [2.24, 2.45) is 0 Å². The highest BCUT2D eigenvalue weighted by Crippen LogP contribution is 2.23. The lowest BCUT2D eigenvalue weighted by molar-refractivity contribution is -0.126. The first-order chi connectivity index (χ1) is 12.0. The molecule has 0 aromatic heterocycles. The van der Waals surface area contributed by atoms with Gasteiger partial charge in [0, 0.05) is 25.0 Å². The van der Waals surface area contributed by atoms with Crippen LogP contribution >= 0.6 is 0 Å². The Labute approximate surface area is 147 Å². The Morgan fingerprint density at radius 1 is 1.08 bits per heavy atom. The first-order valence-electron chi connectivity index (χ1n) is 8.09. The zero-order chi connectivity index (χ0) is 18.2. The van der Waals surface area contributed by atoms with Crippen LogP contribution in [0.4, 0.5) is 16.2 Å². The second-order valence-corrected chi connectivity index (χ2v) is 5.53. The number of hydrogen-bond acceptors (Lipinski definition) is 3. The van der Waals surface area contributed by atoms with E-state index in [1.807, 2.05) is 50.2 Å². The van der Waals surface area contributed by atoms with Gasteiger partial charge in [0.25, 0.3) is 5.91 Å². The number of urea groups is 1. The minimum Gasteiger partial charge on any atom is -0.367 e. The average Bonchev–Trinajstić information content (AvgIpc) is 2.59. The maximum Gasteiger partial charge on any atom is 0.319 e. The molecular formula is C19H23N3O3. The number of carbonyl (C=O) groups is 2. The van der Waals surface area contributed by atoms with Crippen molar-refractivity contribution in [1.29, 1.82) is 0 Å². The van der Waals surface area contributed by atoms with Crippen molar-refractivity contribution in [1.82, 2.24) is 5.32 Å². The van der Waals surface area contributed by atoms with E-state index in [9.17, 15) is 9.59 Å². The topological polar surface area (TPSA) is 79.5 Å². The van der Waals surface area contributed by atoms with Gasteiger partial charge < -0.3 is 20.7 Å². The summed E-state index contributed by atoms with van der Waals surface area (Å²) in [7, 11) is 1.50. The van der Waals surface area contributed by atoms with Gasteiger partial charge in [-0.3, -0.25) is 4.79 Å². The predicted molar refractivity (Wildman–Crippen MR) is 98.7 cm³/mol. The van der Waals surface area contributed by atoms with E-state index in [1.165, 1.54) is 7.11 Å². The van der Waals surface area contributed by atoms with Crippen molar-refractivity contribution < 1.29 is 14.3 Å². The number of ether oxygens (including phenoxy) is 1. The van der Waals surface area contributed by atoms with Crippen molar-refractivity contribution in [3.8, 4) is 0 Å². The second kappa shape index (κ2) is 8.84. The molecule has 0 aliphatic rings. The normalized spacial score (nSPS) is 11.5. The third kappa shape index (κ3) is 5.06. The molecule has 1 atom stereocenters. The number of hydrogen-bond donors (Lipinski definition) is 3. The molecular weight excluding hydrogens is 318 g/mol. The number of carbonyl (C=O) groups excluding carboxylic acids is 2. The van der Waals surface area contributed by atoms with E-state index in [1.54, 1.807) is 12.1 Å². The number of anilines is 2. The molecule has 0 heterocycles. The Bertz CT molecular complexity index is 732.